The van der Waals surface area contributed by atoms with Gasteiger partial charge in [0.15, 0.2) is 0 Å². The van der Waals surface area contributed by atoms with Crippen LogP contribution in [0.25, 0.3) is 0 Å². The fourth-order valence-electron chi connectivity index (χ4n) is 1.90. The highest BCUT2D eigenvalue weighted by Crippen LogP contribution is 2.18. The molecule has 0 atom stereocenters. The van der Waals surface area contributed by atoms with Crippen molar-refractivity contribution in [2.45, 2.75) is 13.1 Å². The first-order chi connectivity index (χ1) is 11.1. The van der Waals surface area contributed by atoms with Crippen LogP contribution in [0.4, 0.5) is 0 Å². The summed E-state index contributed by atoms with van der Waals surface area (Å²) < 4.78 is 5.78. The van der Waals surface area contributed by atoms with Gasteiger partial charge in [0.05, 0.1) is 0 Å². The Morgan fingerprint density at radius 3 is 2.87 bits per heavy atom. The normalized spacial score (nSPS) is 10.8. The predicted octanol–water partition coefficient (Wildman–Crippen LogP) is 1.47. The molecule has 0 radical (unpaired) electrons. The minimum absolute atomic E-state index is 0.205. The van der Waals surface area contributed by atoms with Gasteiger partial charge >= 0.3 is 0 Å². The summed E-state index contributed by atoms with van der Waals surface area (Å²) in [5.74, 6) is 0.583. The highest BCUT2D eigenvalue weighted by molar-refractivity contribution is 7.09. The monoisotopic (exact) mass is 334 g/mol. The second-order valence-electron chi connectivity index (χ2n) is 5.27. The van der Waals surface area contributed by atoms with E-state index in [0.717, 1.165) is 22.9 Å². The van der Waals surface area contributed by atoms with Crippen LogP contribution in [0.3, 0.4) is 0 Å². The van der Waals surface area contributed by atoms with Crippen molar-refractivity contribution in [1.82, 2.24) is 15.2 Å². The molecule has 0 fully saturated rings. The van der Waals surface area contributed by atoms with Crippen LogP contribution in [0.2, 0.25) is 0 Å². The van der Waals surface area contributed by atoms with Gasteiger partial charge in [0.2, 0.25) is 0 Å². The van der Waals surface area contributed by atoms with Crippen molar-refractivity contribution in [3.05, 3.63) is 45.9 Å². The number of nitrogens with one attached hydrogen (secondary N) is 1. The molecule has 1 heterocycles. The van der Waals surface area contributed by atoms with Gasteiger partial charge in [-0.05, 0) is 20.2 Å². The summed E-state index contributed by atoms with van der Waals surface area (Å²) in [7, 11) is 4.00. The predicted molar refractivity (Wildman–Crippen MR) is 91.7 cm³/mol. The number of nitrogens with zero attached hydrogens (tertiary/aromatic N) is 2. The molecule has 0 aliphatic carbocycles. The summed E-state index contributed by atoms with van der Waals surface area (Å²) in [5.41, 5.74) is 6.86. The molecule has 1 aromatic heterocycles. The third-order valence-corrected chi connectivity index (χ3v) is 4.04. The van der Waals surface area contributed by atoms with Gasteiger partial charge in [0.1, 0.15) is 23.1 Å². The van der Waals surface area contributed by atoms with Crippen LogP contribution in [0.1, 0.15) is 21.1 Å². The number of aromatic nitrogens is 1. The highest BCUT2D eigenvalue weighted by Gasteiger charge is 2.11. The first-order valence-electron chi connectivity index (χ1n) is 7.38. The minimum atomic E-state index is -0.205. The van der Waals surface area contributed by atoms with E-state index in [4.69, 9.17) is 10.5 Å². The van der Waals surface area contributed by atoms with E-state index in [2.05, 4.69) is 15.2 Å². The summed E-state index contributed by atoms with van der Waals surface area (Å²) in [6, 6.07) is 7.70. The van der Waals surface area contributed by atoms with E-state index in [1.165, 1.54) is 11.3 Å². The van der Waals surface area contributed by atoms with Gasteiger partial charge in [0, 0.05) is 30.6 Å². The van der Waals surface area contributed by atoms with E-state index in [1.807, 2.05) is 38.4 Å². The lowest BCUT2D eigenvalue weighted by Gasteiger charge is -2.14. The first-order valence-corrected chi connectivity index (χ1v) is 8.26. The van der Waals surface area contributed by atoms with Crippen LogP contribution in [0.5, 0.6) is 5.75 Å². The molecule has 0 saturated heterocycles. The number of amides is 1. The quantitative estimate of drug-likeness (QED) is 0.764. The fourth-order valence-corrected chi connectivity index (χ4v) is 2.56. The summed E-state index contributed by atoms with van der Waals surface area (Å²) in [4.78, 5) is 18.3. The maximum absolute atomic E-state index is 12.1. The molecule has 0 unspecified atom stereocenters. The van der Waals surface area contributed by atoms with Crippen LogP contribution < -0.4 is 15.8 Å². The molecule has 124 valence electrons. The van der Waals surface area contributed by atoms with Crippen LogP contribution in [0.15, 0.2) is 29.6 Å². The molecular weight excluding hydrogens is 312 g/mol. The third-order valence-electron chi connectivity index (χ3n) is 3.17. The zero-order valence-electron chi connectivity index (χ0n) is 13.4. The number of ether oxygens (including phenoxy) is 1. The Hall–Kier alpha value is -1.96. The second kappa shape index (κ2) is 8.61. The molecule has 0 spiro atoms. The summed E-state index contributed by atoms with van der Waals surface area (Å²) in [6.07, 6.45) is 0. The second-order valence-corrected chi connectivity index (χ2v) is 6.22. The summed E-state index contributed by atoms with van der Waals surface area (Å²) >= 11 is 1.39. The zero-order valence-corrected chi connectivity index (χ0v) is 14.2. The topological polar surface area (TPSA) is 80.5 Å². The average Bonchev–Trinajstić information content (AvgIpc) is 3.02. The fraction of sp³-hybridized carbons (Fsp3) is 0.375. The number of nitrogens with two attached hydrogens (primary N) is 1. The van der Waals surface area contributed by atoms with Crippen molar-refractivity contribution in [2.75, 3.05) is 27.2 Å². The van der Waals surface area contributed by atoms with Gasteiger partial charge in [0.25, 0.3) is 5.91 Å². The molecule has 0 bridgehead atoms. The Morgan fingerprint density at radius 1 is 1.39 bits per heavy atom. The van der Waals surface area contributed by atoms with Crippen LogP contribution in [-0.2, 0) is 13.1 Å². The maximum atomic E-state index is 12.1. The molecule has 6 nitrogen and oxygen atoms in total. The van der Waals surface area contributed by atoms with E-state index in [0.29, 0.717) is 25.4 Å². The Kier molecular flexibility index (Phi) is 6.52. The number of benzene rings is 1. The lowest BCUT2D eigenvalue weighted by atomic mass is 10.2. The minimum Gasteiger partial charge on any atom is -0.492 e. The van der Waals surface area contributed by atoms with Gasteiger partial charge in [-0.15, -0.1) is 11.3 Å². The van der Waals surface area contributed by atoms with Crippen LogP contribution >= 0.6 is 11.3 Å². The van der Waals surface area contributed by atoms with Crippen molar-refractivity contribution in [2.24, 2.45) is 5.73 Å². The molecule has 3 N–H and O–H groups in total. The van der Waals surface area contributed by atoms with Crippen molar-refractivity contribution in [3.63, 3.8) is 0 Å². The van der Waals surface area contributed by atoms with Crippen molar-refractivity contribution in [1.29, 1.82) is 0 Å². The van der Waals surface area contributed by atoms with E-state index in [1.54, 1.807) is 5.38 Å². The van der Waals surface area contributed by atoms with E-state index >= 15 is 0 Å². The molecule has 0 aliphatic heterocycles. The number of hydrogen-bond donors (Lipinski definition) is 2. The average molecular weight is 334 g/mol. The van der Waals surface area contributed by atoms with E-state index in [9.17, 15) is 4.79 Å². The van der Waals surface area contributed by atoms with Gasteiger partial charge in [-0.2, -0.15) is 0 Å². The largest absolute Gasteiger partial charge is 0.492 e. The summed E-state index contributed by atoms with van der Waals surface area (Å²) in [5, 5.41) is 5.34. The van der Waals surface area contributed by atoms with Crippen LogP contribution in [0, 0.1) is 0 Å². The van der Waals surface area contributed by atoms with Gasteiger partial charge in [-0.3, -0.25) is 4.79 Å². The number of rotatable bonds is 8. The molecule has 7 heteroatoms. The summed E-state index contributed by atoms with van der Waals surface area (Å²) in [6.45, 7) is 2.18. The number of thiazole rings is 1. The van der Waals surface area contributed by atoms with Gasteiger partial charge in [-0.1, -0.05) is 18.2 Å². The van der Waals surface area contributed by atoms with E-state index < -0.39 is 0 Å². The highest BCUT2D eigenvalue weighted by atomic mass is 32.1. The third kappa shape index (κ3) is 5.31. The van der Waals surface area contributed by atoms with Gasteiger partial charge < -0.3 is 20.7 Å². The molecule has 0 saturated carbocycles. The smallest absolute Gasteiger partial charge is 0.271 e. The lowest BCUT2D eigenvalue weighted by molar-refractivity contribution is 0.0946. The van der Waals surface area contributed by atoms with Crippen molar-refractivity contribution in [3.8, 4) is 5.75 Å². The van der Waals surface area contributed by atoms with E-state index in [-0.39, 0.29) is 5.91 Å². The number of hydrogen-bond acceptors (Lipinski definition) is 6. The van der Waals surface area contributed by atoms with Crippen LogP contribution in [-0.4, -0.2) is 43.0 Å². The van der Waals surface area contributed by atoms with Crippen molar-refractivity contribution >= 4 is 17.2 Å². The Bertz CT molecular complexity index is 643. The number of likely N-dealkylation sites (N-methyl/N-ethyl adjacent to an activating group) is 1. The standard InChI is InChI=1S/C16H22N4O2S/c1-20(2)7-8-22-14-6-4-3-5-12(14)10-18-16(21)13-11-23-15(9-17)19-13/h3-6,11H,7-10,17H2,1-2H3,(H,18,21). The molecule has 0 aliphatic rings. The SMILES string of the molecule is CN(C)CCOc1ccccc1CNC(=O)c1csc(CN)n1. The number of para-hydroxylation sites is 1. The Morgan fingerprint density at radius 2 is 2.17 bits per heavy atom. The first kappa shape index (κ1) is 17.4. The molecule has 1 aromatic carbocycles. The molecule has 1 amide bonds. The molecule has 2 rings (SSSR count). The lowest BCUT2D eigenvalue weighted by Crippen LogP contribution is -2.24. The van der Waals surface area contributed by atoms with Crippen molar-refractivity contribution < 1.29 is 9.53 Å². The molecular formula is C16H22N4O2S. The molecule has 23 heavy (non-hydrogen) atoms. The molecule has 2 aromatic rings. The van der Waals surface area contributed by atoms with Gasteiger partial charge in [-0.25, -0.2) is 4.98 Å². The number of carbonyl (C=O) groups excluding carboxylic acids is 1. The number of carbonyl (C=O) groups is 1. The Labute approximate surface area is 140 Å². The Balaban J connectivity index is 1.93. The maximum Gasteiger partial charge on any atom is 0.271 e. The zero-order chi connectivity index (χ0) is 16.7.